The molecular weight excluding hydrogens is 124 g/mol. The summed E-state index contributed by atoms with van der Waals surface area (Å²) in [7, 11) is 0. The first kappa shape index (κ1) is 9.96. The summed E-state index contributed by atoms with van der Waals surface area (Å²) >= 11 is 0. The molecule has 0 aliphatic rings. The zero-order valence-electron chi connectivity index (χ0n) is 7.43. The minimum atomic E-state index is -0.0680. The molecule has 0 heterocycles. The van der Waals surface area contributed by atoms with Gasteiger partial charge in [-0.15, -0.1) is 0 Å². The summed E-state index contributed by atoms with van der Waals surface area (Å²) in [5.74, 6) is 0.694. The second-order valence-corrected chi connectivity index (χ2v) is 3.19. The summed E-state index contributed by atoms with van der Waals surface area (Å²) < 4.78 is 0. The fourth-order valence-corrected chi connectivity index (χ4v) is 1.24. The van der Waals surface area contributed by atoms with Crippen molar-refractivity contribution >= 4 is 0 Å². The summed E-state index contributed by atoms with van der Waals surface area (Å²) in [6.07, 6.45) is 4.29. The van der Waals surface area contributed by atoms with Crippen molar-refractivity contribution in [1.29, 1.82) is 0 Å². The third-order valence-electron chi connectivity index (χ3n) is 1.93. The molecule has 0 aromatic carbocycles. The van der Waals surface area contributed by atoms with Crippen LogP contribution >= 0.6 is 0 Å². The standard InChI is InChI=1S/C9H20O/c1-4-6-8(3)7-9(10)5-2/h8-10H,4-7H2,1-3H3/t8-,9?/m1/s1. The number of aliphatic hydroxyl groups is 1. The molecular formula is C9H20O. The molecule has 0 aromatic heterocycles. The SMILES string of the molecule is CCC[C@@H](C)CC(O)CC. The highest BCUT2D eigenvalue weighted by molar-refractivity contribution is 4.58. The number of aliphatic hydroxyl groups excluding tert-OH is 1. The average Bonchev–Trinajstić information content (AvgIpc) is 1.88. The Labute approximate surface area is 64.5 Å². The molecule has 0 amide bonds. The monoisotopic (exact) mass is 144 g/mol. The maximum absolute atomic E-state index is 9.25. The Bertz CT molecular complexity index is 71.1. The highest BCUT2D eigenvalue weighted by atomic mass is 16.3. The van der Waals surface area contributed by atoms with Crippen molar-refractivity contribution in [2.45, 2.75) is 52.6 Å². The molecule has 0 fully saturated rings. The molecule has 0 aliphatic carbocycles. The van der Waals surface area contributed by atoms with E-state index in [1.807, 2.05) is 6.92 Å². The molecule has 0 bridgehead atoms. The molecule has 10 heavy (non-hydrogen) atoms. The summed E-state index contributed by atoms with van der Waals surface area (Å²) in [5.41, 5.74) is 0. The summed E-state index contributed by atoms with van der Waals surface area (Å²) in [5, 5.41) is 9.25. The van der Waals surface area contributed by atoms with E-state index in [9.17, 15) is 5.11 Å². The second kappa shape index (κ2) is 5.72. The lowest BCUT2D eigenvalue weighted by Crippen LogP contribution is -2.09. The Hall–Kier alpha value is -0.0400. The lowest BCUT2D eigenvalue weighted by atomic mass is 9.98. The molecule has 0 saturated heterocycles. The first-order valence-electron chi connectivity index (χ1n) is 4.38. The van der Waals surface area contributed by atoms with Gasteiger partial charge in [-0.2, -0.15) is 0 Å². The number of hydrogen-bond donors (Lipinski definition) is 1. The molecule has 0 rings (SSSR count). The van der Waals surface area contributed by atoms with Gasteiger partial charge in [0.05, 0.1) is 6.10 Å². The van der Waals surface area contributed by atoms with Gasteiger partial charge in [-0.3, -0.25) is 0 Å². The second-order valence-electron chi connectivity index (χ2n) is 3.19. The van der Waals surface area contributed by atoms with Crippen molar-refractivity contribution in [1.82, 2.24) is 0 Å². The smallest absolute Gasteiger partial charge is 0.0540 e. The topological polar surface area (TPSA) is 20.2 Å². The predicted molar refractivity (Wildman–Crippen MR) is 45.0 cm³/mol. The van der Waals surface area contributed by atoms with Crippen molar-refractivity contribution in [3.8, 4) is 0 Å². The van der Waals surface area contributed by atoms with Gasteiger partial charge >= 0.3 is 0 Å². The van der Waals surface area contributed by atoms with Crippen LogP contribution in [0.2, 0.25) is 0 Å². The van der Waals surface area contributed by atoms with Crippen LogP contribution in [0.4, 0.5) is 0 Å². The Morgan fingerprint density at radius 3 is 2.30 bits per heavy atom. The Morgan fingerprint density at radius 2 is 1.90 bits per heavy atom. The van der Waals surface area contributed by atoms with Crippen LogP contribution in [0.3, 0.4) is 0 Å². The normalized spacial score (nSPS) is 16.8. The molecule has 0 aliphatic heterocycles. The van der Waals surface area contributed by atoms with E-state index in [4.69, 9.17) is 0 Å². The highest BCUT2D eigenvalue weighted by Gasteiger charge is 2.06. The van der Waals surface area contributed by atoms with Crippen molar-refractivity contribution in [2.24, 2.45) is 5.92 Å². The van der Waals surface area contributed by atoms with E-state index < -0.39 is 0 Å². The number of hydrogen-bond acceptors (Lipinski definition) is 1. The maximum Gasteiger partial charge on any atom is 0.0540 e. The van der Waals surface area contributed by atoms with Crippen molar-refractivity contribution < 1.29 is 5.11 Å². The van der Waals surface area contributed by atoms with E-state index >= 15 is 0 Å². The van der Waals surface area contributed by atoms with Crippen LogP contribution in [-0.2, 0) is 0 Å². The fourth-order valence-electron chi connectivity index (χ4n) is 1.24. The largest absolute Gasteiger partial charge is 0.393 e. The predicted octanol–water partition coefficient (Wildman–Crippen LogP) is 2.58. The van der Waals surface area contributed by atoms with Crippen LogP contribution in [0.15, 0.2) is 0 Å². The lowest BCUT2D eigenvalue weighted by Gasteiger charge is -2.13. The number of rotatable bonds is 5. The van der Waals surface area contributed by atoms with Crippen LogP contribution in [-0.4, -0.2) is 11.2 Å². The molecule has 0 saturated carbocycles. The molecule has 0 aromatic rings. The molecule has 1 N–H and O–H groups in total. The molecule has 0 radical (unpaired) electrons. The third kappa shape index (κ3) is 4.80. The van der Waals surface area contributed by atoms with Gasteiger partial charge in [-0.1, -0.05) is 33.6 Å². The third-order valence-corrected chi connectivity index (χ3v) is 1.93. The highest BCUT2D eigenvalue weighted by Crippen LogP contribution is 2.13. The van der Waals surface area contributed by atoms with E-state index in [0.29, 0.717) is 5.92 Å². The van der Waals surface area contributed by atoms with Crippen LogP contribution in [0.25, 0.3) is 0 Å². The molecule has 1 unspecified atom stereocenters. The van der Waals surface area contributed by atoms with E-state index in [-0.39, 0.29) is 6.10 Å². The zero-order valence-corrected chi connectivity index (χ0v) is 7.43. The first-order chi connectivity index (χ1) is 4.70. The van der Waals surface area contributed by atoms with Crippen molar-refractivity contribution in [2.75, 3.05) is 0 Å². The van der Waals surface area contributed by atoms with Gasteiger partial charge in [0, 0.05) is 0 Å². The van der Waals surface area contributed by atoms with Crippen LogP contribution in [0.5, 0.6) is 0 Å². The van der Waals surface area contributed by atoms with Gasteiger partial charge in [0.15, 0.2) is 0 Å². The molecule has 2 atom stereocenters. The van der Waals surface area contributed by atoms with Gasteiger partial charge in [0.25, 0.3) is 0 Å². The van der Waals surface area contributed by atoms with Gasteiger partial charge in [-0.05, 0) is 18.8 Å². The van der Waals surface area contributed by atoms with Gasteiger partial charge < -0.3 is 5.11 Å². The summed E-state index contributed by atoms with van der Waals surface area (Å²) in [6, 6.07) is 0. The molecule has 1 nitrogen and oxygen atoms in total. The van der Waals surface area contributed by atoms with E-state index in [1.165, 1.54) is 12.8 Å². The molecule has 1 heteroatoms. The summed E-state index contributed by atoms with van der Waals surface area (Å²) in [6.45, 7) is 6.43. The Kier molecular flexibility index (Phi) is 5.70. The maximum atomic E-state index is 9.25. The zero-order chi connectivity index (χ0) is 7.98. The lowest BCUT2D eigenvalue weighted by molar-refractivity contribution is 0.139. The quantitative estimate of drug-likeness (QED) is 0.628. The Balaban J connectivity index is 3.27. The van der Waals surface area contributed by atoms with Crippen LogP contribution < -0.4 is 0 Å². The van der Waals surface area contributed by atoms with E-state index in [0.717, 1.165) is 12.8 Å². The van der Waals surface area contributed by atoms with Gasteiger partial charge in [0.2, 0.25) is 0 Å². The molecule has 0 spiro atoms. The fraction of sp³-hybridized carbons (Fsp3) is 1.00. The molecule has 62 valence electrons. The first-order valence-corrected chi connectivity index (χ1v) is 4.38. The van der Waals surface area contributed by atoms with Crippen LogP contribution in [0.1, 0.15) is 46.5 Å². The van der Waals surface area contributed by atoms with Crippen molar-refractivity contribution in [3.05, 3.63) is 0 Å². The Morgan fingerprint density at radius 1 is 1.30 bits per heavy atom. The van der Waals surface area contributed by atoms with Crippen LogP contribution in [0, 0.1) is 5.92 Å². The van der Waals surface area contributed by atoms with E-state index in [2.05, 4.69) is 13.8 Å². The minimum absolute atomic E-state index is 0.0680. The van der Waals surface area contributed by atoms with E-state index in [1.54, 1.807) is 0 Å². The van der Waals surface area contributed by atoms with Gasteiger partial charge in [-0.25, -0.2) is 0 Å². The average molecular weight is 144 g/mol. The van der Waals surface area contributed by atoms with Crippen molar-refractivity contribution in [3.63, 3.8) is 0 Å². The van der Waals surface area contributed by atoms with Gasteiger partial charge in [0.1, 0.15) is 0 Å². The minimum Gasteiger partial charge on any atom is -0.393 e. The summed E-state index contributed by atoms with van der Waals surface area (Å²) in [4.78, 5) is 0.